The lowest BCUT2D eigenvalue weighted by Crippen LogP contribution is -2.50. The minimum Gasteiger partial charge on any atom is -0.375 e. The molecule has 2 unspecified atom stereocenters. The lowest BCUT2D eigenvalue weighted by molar-refractivity contribution is -0.0391. The fourth-order valence-electron chi connectivity index (χ4n) is 3.04. The van der Waals surface area contributed by atoms with E-state index in [9.17, 15) is 9.18 Å². The molecule has 1 aliphatic heterocycles. The molecule has 27 heavy (non-hydrogen) atoms. The topological polar surface area (TPSA) is 60.2 Å². The number of morpholine rings is 1. The van der Waals surface area contributed by atoms with Gasteiger partial charge in [0.05, 0.1) is 29.3 Å². The second-order valence-corrected chi connectivity index (χ2v) is 7.52. The molecular weight excluding hydrogens is 367 g/mol. The van der Waals surface area contributed by atoms with Gasteiger partial charge in [-0.2, -0.15) is 0 Å². The third-order valence-electron chi connectivity index (χ3n) is 4.48. The number of benzene rings is 1. The molecule has 1 fully saturated rings. The van der Waals surface area contributed by atoms with Crippen LogP contribution < -0.4 is 0 Å². The summed E-state index contributed by atoms with van der Waals surface area (Å²) in [5.41, 5.74) is 0.648. The van der Waals surface area contributed by atoms with Crippen molar-refractivity contribution in [3.05, 3.63) is 53.4 Å². The van der Waals surface area contributed by atoms with Gasteiger partial charge >= 0.3 is 0 Å². The minimum absolute atomic E-state index is 0.0268. The fourth-order valence-corrected chi connectivity index (χ4v) is 3.74. The number of ether oxygens (including phenoxy) is 1. The highest BCUT2D eigenvalue weighted by molar-refractivity contribution is 7.13. The predicted molar refractivity (Wildman–Crippen MR) is 101 cm³/mol. The number of aromatic nitrogens is 3. The molecule has 0 bridgehead atoms. The molecule has 140 valence electrons. The monoisotopic (exact) mass is 386 g/mol. The zero-order valence-electron chi connectivity index (χ0n) is 15.0. The SMILES string of the molecule is CC1CN(C(=O)c2nc(-c3cccs3)n(-c3ccc(F)cc3)n2)C(C)CO1. The highest BCUT2D eigenvalue weighted by atomic mass is 32.1. The summed E-state index contributed by atoms with van der Waals surface area (Å²) in [6.45, 7) is 4.87. The van der Waals surface area contributed by atoms with Crippen LogP contribution >= 0.6 is 11.3 Å². The summed E-state index contributed by atoms with van der Waals surface area (Å²) >= 11 is 1.51. The van der Waals surface area contributed by atoms with Crippen molar-refractivity contribution in [3.8, 4) is 16.4 Å². The molecule has 0 N–H and O–H groups in total. The van der Waals surface area contributed by atoms with Gasteiger partial charge in [0.2, 0.25) is 5.82 Å². The summed E-state index contributed by atoms with van der Waals surface area (Å²) in [4.78, 5) is 20.2. The zero-order valence-corrected chi connectivity index (χ0v) is 15.8. The molecule has 0 saturated carbocycles. The van der Waals surface area contributed by atoms with Crippen molar-refractivity contribution < 1.29 is 13.9 Å². The third-order valence-corrected chi connectivity index (χ3v) is 5.35. The molecule has 1 saturated heterocycles. The summed E-state index contributed by atoms with van der Waals surface area (Å²) in [5, 5.41) is 6.40. The van der Waals surface area contributed by atoms with Crippen molar-refractivity contribution in [2.45, 2.75) is 26.0 Å². The van der Waals surface area contributed by atoms with Crippen molar-refractivity contribution in [1.29, 1.82) is 0 Å². The molecule has 0 aliphatic carbocycles. The van der Waals surface area contributed by atoms with Crippen LogP contribution in [-0.4, -0.2) is 50.9 Å². The summed E-state index contributed by atoms with van der Waals surface area (Å²) in [6, 6.07) is 9.75. The summed E-state index contributed by atoms with van der Waals surface area (Å²) < 4.78 is 20.5. The number of carbonyl (C=O) groups excluding carboxylic acids is 1. The highest BCUT2D eigenvalue weighted by Gasteiger charge is 2.31. The normalized spacial score (nSPS) is 20.0. The average Bonchev–Trinajstić information content (AvgIpc) is 3.33. The number of hydrogen-bond acceptors (Lipinski definition) is 5. The average molecular weight is 386 g/mol. The molecular formula is C19H19FN4O2S. The minimum atomic E-state index is -0.330. The Bertz CT molecular complexity index is 939. The Morgan fingerprint density at radius 2 is 2.04 bits per heavy atom. The number of halogens is 1. The molecule has 2 atom stereocenters. The van der Waals surface area contributed by atoms with Gasteiger partial charge in [-0.25, -0.2) is 14.1 Å². The Balaban J connectivity index is 1.75. The number of nitrogens with zero attached hydrogens (tertiary/aromatic N) is 4. The maximum Gasteiger partial charge on any atom is 0.293 e. The summed E-state index contributed by atoms with van der Waals surface area (Å²) in [5.74, 6) is 0.137. The van der Waals surface area contributed by atoms with Crippen molar-refractivity contribution >= 4 is 17.2 Å². The number of carbonyl (C=O) groups is 1. The van der Waals surface area contributed by atoms with Crippen LogP contribution in [0.5, 0.6) is 0 Å². The molecule has 1 amide bonds. The lowest BCUT2D eigenvalue weighted by atomic mass is 10.2. The van der Waals surface area contributed by atoms with Crippen LogP contribution in [0.4, 0.5) is 4.39 Å². The van der Waals surface area contributed by atoms with E-state index in [1.807, 2.05) is 31.4 Å². The molecule has 1 aliphatic rings. The molecule has 4 rings (SSSR count). The summed E-state index contributed by atoms with van der Waals surface area (Å²) in [6.07, 6.45) is -0.0268. The van der Waals surface area contributed by atoms with Crippen molar-refractivity contribution in [2.24, 2.45) is 0 Å². The molecule has 8 heteroatoms. The van der Waals surface area contributed by atoms with Gasteiger partial charge in [-0.1, -0.05) is 6.07 Å². The Morgan fingerprint density at radius 3 is 2.74 bits per heavy atom. The Morgan fingerprint density at radius 1 is 1.26 bits per heavy atom. The predicted octanol–water partition coefficient (Wildman–Crippen LogP) is 3.38. The van der Waals surface area contributed by atoms with E-state index < -0.39 is 0 Å². The molecule has 0 spiro atoms. The van der Waals surface area contributed by atoms with Crippen LogP contribution in [0.2, 0.25) is 0 Å². The number of amides is 1. The first-order valence-electron chi connectivity index (χ1n) is 8.72. The molecule has 2 aromatic heterocycles. The van der Waals surface area contributed by atoms with E-state index in [2.05, 4.69) is 10.1 Å². The van der Waals surface area contributed by atoms with E-state index in [0.717, 1.165) is 4.88 Å². The van der Waals surface area contributed by atoms with E-state index in [-0.39, 0.29) is 29.7 Å². The first kappa shape index (κ1) is 17.8. The van der Waals surface area contributed by atoms with Gasteiger partial charge in [-0.15, -0.1) is 16.4 Å². The standard InChI is InChI=1S/C19H19FN4O2S/c1-12-11-26-13(2)10-23(12)19(25)17-21-18(16-4-3-9-27-16)24(22-17)15-7-5-14(20)6-8-15/h3-9,12-13H,10-11H2,1-2H3. The lowest BCUT2D eigenvalue weighted by Gasteiger charge is -2.36. The second-order valence-electron chi connectivity index (χ2n) is 6.58. The number of hydrogen-bond donors (Lipinski definition) is 0. The van der Waals surface area contributed by atoms with Crippen LogP contribution in [0.15, 0.2) is 41.8 Å². The van der Waals surface area contributed by atoms with E-state index in [1.54, 1.807) is 21.7 Å². The maximum absolute atomic E-state index is 13.3. The molecule has 1 aromatic carbocycles. The summed E-state index contributed by atoms with van der Waals surface area (Å²) in [7, 11) is 0. The fraction of sp³-hybridized carbons (Fsp3) is 0.316. The van der Waals surface area contributed by atoms with E-state index in [4.69, 9.17) is 4.74 Å². The van der Waals surface area contributed by atoms with Crippen LogP contribution in [-0.2, 0) is 4.74 Å². The van der Waals surface area contributed by atoms with E-state index in [0.29, 0.717) is 24.7 Å². The van der Waals surface area contributed by atoms with Gasteiger partial charge in [-0.3, -0.25) is 4.79 Å². The van der Waals surface area contributed by atoms with Gasteiger partial charge in [-0.05, 0) is 49.6 Å². The first-order chi connectivity index (χ1) is 13.0. The van der Waals surface area contributed by atoms with Gasteiger partial charge < -0.3 is 9.64 Å². The largest absolute Gasteiger partial charge is 0.375 e. The zero-order chi connectivity index (χ0) is 19.0. The molecule has 3 heterocycles. The number of rotatable bonds is 3. The van der Waals surface area contributed by atoms with E-state index in [1.165, 1.54) is 23.5 Å². The van der Waals surface area contributed by atoms with Gasteiger partial charge in [0, 0.05) is 6.54 Å². The Hall–Kier alpha value is -2.58. The highest BCUT2D eigenvalue weighted by Crippen LogP contribution is 2.26. The second kappa shape index (κ2) is 7.21. The Labute approximate surface area is 160 Å². The van der Waals surface area contributed by atoms with Crippen molar-refractivity contribution in [2.75, 3.05) is 13.2 Å². The maximum atomic E-state index is 13.3. The first-order valence-corrected chi connectivity index (χ1v) is 9.60. The van der Waals surface area contributed by atoms with Crippen LogP contribution in [0.1, 0.15) is 24.5 Å². The van der Waals surface area contributed by atoms with Crippen LogP contribution in [0, 0.1) is 5.82 Å². The molecule has 6 nitrogen and oxygen atoms in total. The van der Waals surface area contributed by atoms with E-state index >= 15 is 0 Å². The molecule has 0 radical (unpaired) electrons. The Kier molecular flexibility index (Phi) is 4.75. The van der Waals surface area contributed by atoms with Gasteiger partial charge in [0.1, 0.15) is 5.82 Å². The van der Waals surface area contributed by atoms with Gasteiger partial charge in [0.15, 0.2) is 5.82 Å². The third kappa shape index (κ3) is 3.50. The molecule has 3 aromatic rings. The van der Waals surface area contributed by atoms with Gasteiger partial charge in [0.25, 0.3) is 5.91 Å². The quantitative estimate of drug-likeness (QED) is 0.692. The smallest absolute Gasteiger partial charge is 0.293 e. The van der Waals surface area contributed by atoms with Crippen molar-refractivity contribution in [3.63, 3.8) is 0 Å². The van der Waals surface area contributed by atoms with Crippen molar-refractivity contribution in [1.82, 2.24) is 19.7 Å². The van der Waals surface area contributed by atoms with Crippen LogP contribution in [0.3, 0.4) is 0 Å². The number of thiophene rings is 1. The van der Waals surface area contributed by atoms with Crippen LogP contribution in [0.25, 0.3) is 16.4 Å².